The summed E-state index contributed by atoms with van der Waals surface area (Å²) in [5.41, 5.74) is 1.61. The second-order valence-corrected chi connectivity index (χ2v) is 10.9. The Labute approximate surface area is 185 Å². The third-order valence-corrected chi connectivity index (χ3v) is 8.28. The third-order valence-electron chi connectivity index (χ3n) is 8.28. The molecule has 2 N–H and O–H groups in total. The highest BCUT2D eigenvalue weighted by Gasteiger charge is 2.78. The molecular weight excluding hydrogens is 414 g/mol. The predicted octanol–water partition coefficient (Wildman–Crippen LogP) is 3.46. The maximum Gasteiger partial charge on any atom is 0.342 e. The highest BCUT2D eigenvalue weighted by atomic mass is 19.2. The van der Waals surface area contributed by atoms with Gasteiger partial charge in [0.2, 0.25) is 0 Å². The Balaban J connectivity index is 1.36. The van der Waals surface area contributed by atoms with E-state index in [1.54, 1.807) is 0 Å². The van der Waals surface area contributed by atoms with Crippen molar-refractivity contribution >= 4 is 6.03 Å². The molecule has 2 heterocycles. The number of likely N-dealkylation sites (N-methyl/N-ethyl adjacent to an activating group) is 1. The van der Waals surface area contributed by atoms with Crippen LogP contribution in [-0.4, -0.2) is 50.6 Å². The summed E-state index contributed by atoms with van der Waals surface area (Å²) < 4.78 is 28.9. The minimum Gasteiger partial charge on any atom is -0.390 e. The van der Waals surface area contributed by atoms with E-state index in [9.17, 15) is 18.7 Å². The molecule has 4 aliphatic rings. The highest BCUT2D eigenvalue weighted by molar-refractivity contribution is 5.81. The lowest BCUT2D eigenvalue weighted by molar-refractivity contribution is -0.0180. The molecule has 6 rings (SSSR count). The molecule has 170 valence electrons. The zero-order chi connectivity index (χ0) is 22.5. The first kappa shape index (κ1) is 20.3. The van der Waals surface area contributed by atoms with Crippen LogP contribution in [0, 0.1) is 23.0 Å². The Kier molecular flexibility index (Phi) is 4.05. The Morgan fingerprint density at radius 2 is 2.03 bits per heavy atom. The molecule has 1 amide bonds. The topological polar surface area (TPSA) is 70.4 Å². The number of hydrogen-bond acceptors (Lipinski definition) is 4. The van der Waals surface area contributed by atoms with Gasteiger partial charge in [0.05, 0.1) is 22.5 Å². The molecule has 3 fully saturated rings. The molecule has 1 aromatic carbocycles. The summed E-state index contributed by atoms with van der Waals surface area (Å²) in [4.78, 5) is 15.6. The van der Waals surface area contributed by atoms with Crippen molar-refractivity contribution in [3.8, 4) is 11.3 Å². The van der Waals surface area contributed by atoms with Gasteiger partial charge in [-0.25, -0.2) is 13.6 Å². The smallest absolute Gasteiger partial charge is 0.342 e. The van der Waals surface area contributed by atoms with Crippen molar-refractivity contribution in [2.45, 2.75) is 63.1 Å². The lowest BCUT2D eigenvalue weighted by atomic mass is 9.75. The fourth-order valence-corrected chi connectivity index (χ4v) is 7.22. The van der Waals surface area contributed by atoms with Gasteiger partial charge in [0.15, 0.2) is 11.6 Å². The van der Waals surface area contributed by atoms with Crippen LogP contribution in [0.25, 0.3) is 11.3 Å². The Hall–Kier alpha value is -2.32. The predicted molar refractivity (Wildman–Crippen MR) is 114 cm³/mol. The van der Waals surface area contributed by atoms with E-state index >= 15 is 0 Å². The summed E-state index contributed by atoms with van der Waals surface area (Å²) in [6, 6.07) is 3.44. The van der Waals surface area contributed by atoms with Crippen LogP contribution in [0.15, 0.2) is 18.2 Å². The molecule has 4 atom stereocenters. The zero-order valence-corrected chi connectivity index (χ0v) is 18.4. The quantitative estimate of drug-likeness (QED) is 0.748. The maximum absolute atomic E-state index is 13.9. The standard InChI is InChI=1S/C24H28F2N4O2/c1-14-8-22-11-23(32,9-14)13-24(22,12-22)27-21(31)30-19-5-6-29(2)10-16(19)20(28-30)15-3-4-17(25)18(26)7-15/h3-4,7,14,32H,5-6,8-13H2,1-2H3,(H,27,31)/t14-,22?,23+,24?/m0/s1. The molecule has 2 unspecified atom stereocenters. The largest absolute Gasteiger partial charge is 0.390 e. The molecule has 1 aliphatic heterocycles. The van der Waals surface area contributed by atoms with Crippen molar-refractivity contribution in [3.05, 3.63) is 41.1 Å². The lowest BCUT2D eigenvalue weighted by Crippen LogP contribution is -2.44. The third kappa shape index (κ3) is 2.81. The molecule has 1 spiro atoms. The number of hydrogen-bond donors (Lipinski definition) is 2. The van der Waals surface area contributed by atoms with E-state index in [0.717, 1.165) is 55.6 Å². The van der Waals surface area contributed by atoms with Crippen LogP contribution in [0.2, 0.25) is 0 Å². The van der Waals surface area contributed by atoms with E-state index in [0.29, 0.717) is 36.6 Å². The average molecular weight is 443 g/mol. The van der Waals surface area contributed by atoms with Crippen molar-refractivity contribution in [2.75, 3.05) is 13.6 Å². The number of nitrogens with zero attached hydrogens (tertiary/aromatic N) is 3. The summed E-state index contributed by atoms with van der Waals surface area (Å²) >= 11 is 0. The molecular formula is C24H28F2N4O2. The van der Waals surface area contributed by atoms with Crippen molar-refractivity contribution in [2.24, 2.45) is 11.3 Å². The van der Waals surface area contributed by atoms with Gasteiger partial charge in [0.25, 0.3) is 0 Å². The van der Waals surface area contributed by atoms with E-state index in [1.165, 1.54) is 10.7 Å². The first-order valence-corrected chi connectivity index (χ1v) is 11.4. The minimum absolute atomic E-state index is 0.00851. The van der Waals surface area contributed by atoms with Gasteiger partial charge in [0.1, 0.15) is 0 Å². The van der Waals surface area contributed by atoms with E-state index < -0.39 is 17.2 Å². The number of carbonyl (C=O) groups is 1. The number of benzene rings is 1. The fourth-order valence-electron chi connectivity index (χ4n) is 7.22. The second-order valence-electron chi connectivity index (χ2n) is 10.9. The minimum atomic E-state index is -0.932. The van der Waals surface area contributed by atoms with Crippen LogP contribution in [-0.2, 0) is 13.0 Å². The lowest BCUT2D eigenvalue weighted by Gasteiger charge is -2.35. The number of aliphatic hydroxyl groups is 1. The van der Waals surface area contributed by atoms with Gasteiger partial charge >= 0.3 is 6.03 Å². The number of nitrogens with one attached hydrogen (secondary N) is 1. The summed E-state index contributed by atoms with van der Waals surface area (Å²) in [5.74, 6) is -1.39. The molecule has 3 saturated carbocycles. The van der Waals surface area contributed by atoms with Crippen LogP contribution in [0.5, 0.6) is 0 Å². The summed E-state index contributed by atoms with van der Waals surface area (Å²) in [6.45, 7) is 3.55. The number of fused-ring (bicyclic) bond motifs is 2. The molecule has 2 aromatic rings. The van der Waals surface area contributed by atoms with Crippen molar-refractivity contribution in [1.29, 1.82) is 0 Å². The second kappa shape index (κ2) is 6.38. The number of amides is 1. The van der Waals surface area contributed by atoms with Gasteiger partial charge in [-0.2, -0.15) is 9.78 Å². The van der Waals surface area contributed by atoms with Crippen LogP contribution < -0.4 is 5.32 Å². The van der Waals surface area contributed by atoms with Crippen LogP contribution in [0.3, 0.4) is 0 Å². The van der Waals surface area contributed by atoms with E-state index in [2.05, 4.69) is 22.2 Å². The molecule has 32 heavy (non-hydrogen) atoms. The Morgan fingerprint density at radius 1 is 1.22 bits per heavy atom. The fraction of sp³-hybridized carbons (Fsp3) is 0.583. The first-order valence-electron chi connectivity index (χ1n) is 11.4. The molecule has 3 aliphatic carbocycles. The molecule has 8 heteroatoms. The molecule has 0 saturated heterocycles. The zero-order valence-electron chi connectivity index (χ0n) is 18.4. The van der Waals surface area contributed by atoms with E-state index in [4.69, 9.17) is 0 Å². The van der Waals surface area contributed by atoms with Crippen molar-refractivity contribution < 1.29 is 18.7 Å². The van der Waals surface area contributed by atoms with Crippen molar-refractivity contribution in [1.82, 2.24) is 20.0 Å². The van der Waals surface area contributed by atoms with Crippen LogP contribution >= 0.6 is 0 Å². The van der Waals surface area contributed by atoms with Gasteiger partial charge in [0, 0.05) is 30.6 Å². The van der Waals surface area contributed by atoms with E-state index in [-0.39, 0.29) is 17.0 Å². The van der Waals surface area contributed by atoms with Gasteiger partial charge < -0.3 is 15.3 Å². The molecule has 1 aromatic heterocycles. The summed E-state index contributed by atoms with van der Waals surface area (Å²) in [7, 11) is 1.99. The Morgan fingerprint density at radius 3 is 2.81 bits per heavy atom. The van der Waals surface area contributed by atoms with Crippen LogP contribution in [0.4, 0.5) is 13.6 Å². The van der Waals surface area contributed by atoms with Gasteiger partial charge in [-0.15, -0.1) is 0 Å². The molecule has 0 radical (unpaired) electrons. The number of carbonyl (C=O) groups excluding carboxylic acids is 1. The summed E-state index contributed by atoms with van der Waals surface area (Å²) in [6.07, 6.45) is 4.72. The van der Waals surface area contributed by atoms with Gasteiger partial charge in [-0.3, -0.25) is 0 Å². The Bertz CT molecular complexity index is 1150. The number of aromatic nitrogens is 2. The molecule has 2 bridgehead atoms. The SMILES string of the molecule is C[C@H]1CC23CC2(NC(=O)n2nc(-c4ccc(F)c(F)c4)c4c2CCN(C)C4)C[C@@](O)(C1)C3. The highest BCUT2D eigenvalue weighted by Crippen LogP contribution is 2.75. The normalized spacial score (nSPS) is 35.3. The first-order chi connectivity index (χ1) is 15.1. The van der Waals surface area contributed by atoms with Crippen LogP contribution in [0.1, 0.15) is 50.3 Å². The maximum atomic E-state index is 13.9. The monoisotopic (exact) mass is 442 g/mol. The van der Waals surface area contributed by atoms with Crippen molar-refractivity contribution in [3.63, 3.8) is 0 Å². The van der Waals surface area contributed by atoms with Gasteiger partial charge in [-0.05, 0) is 68.7 Å². The summed E-state index contributed by atoms with van der Waals surface area (Å²) in [5, 5.41) is 18.9. The molecule has 6 nitrogen and oxygen atoms in total. The number of halogens is 2. The van der Waals surface area contributed by atoms with Gasteiger partial charge in [-0.1, -0.05) is 6.92 Å². The number of rotatable bonds is 2. The van der Waals surface area contributed by atoms with E-state index in [1.807, 2.05) is 7.05 Å². The average Bonchev–Trinajstić information content (AvgIpc) is 3.01.